The number of carbonyl (C=O) groups excluding carboxylic acids is 2. The van der Waals surface area contributed by atoms with E-state index in [9.17, 15) is 19.5 Å². The van der Waals surface area contributed by atoms with Crippen LogP contribution >= 0.6 is 0 Å². The predicted octanol–water partition coefficient (Wildman–Crippen LogP) is 2.15. The van der Waals surface area contributed by atoms with Crippen molar-refractivity contribution in [1.29, 1.82) is 0 Å². The van der Waals surface area contributed by atoms with Crippen LogP contribution in [0.2, 0.25) is 0 Å². The second-order valence-corrected chi connectivity index (χ2v) is 6.30. The number of amides is 2. The molecule has 0 saturated carbocycles. The fraction of sp³-hybridized carbons (Fsp3) is 0.250. The maximum Gasteiger partial charge on any atom is 0.334 e. The standard InChI is InChI=1S/C20H20N2O4/c1-2-20(19(25)26,15-9-4-3-5-10-15)21-17(23)13-22-12-14-8-6-7-11-16(14)18(22)24/h3-11H,2,12-13H2,1H3,(H,21,23)(H,25,26). The lowest BCUT2D eigenvalue weighted by Gasteiger charge is -2.30. The Hall–Kier alpha value is -3.15. The second kappa shape index (κ2) is 7.00. The van der Waals surface area contributed by atoms with E-state index in [1.165, 1.54) is 4.90 Å². The van der Waals surface area contributed by atoms with E-state index in [2.05, 4.69) is 5.32 Å². The van der Waals surface area contributed by atoms with Gasteiger partial charge in [-0.3, -0.25) is 9.59 Å². The smallest absolute Gasteiger partial charge is 0.334 e. The number of nitrogens with one attached hydrogen (secondary N) is 1. The lowest BCUT2D eigenvalue weighted by Crippen LogP contribution is -2.53. The Morgan fingerprint density at radius 3 is 2.38 bits per heavy atom. The fourth-order valence-corrected chi connectivity index (χ4v) is 3.31. The molecule has 1 atom stereocenters. The Morgan fingerprint density at radius 1 is 1.12 bits per heavy atom. The molecule has 6 heteroatoms. The highest BCUT2D eigenvalue weighted by Crippen LogP contribution is 2.26. The number of carboxylic acid groups (broad SMARTS) is 1. The average molecular weight is 352 g/mol. The Labute approximate surface area is 151 Å². The Morgan fingerprint density at radius 2 is 1.77 bits per heavy atom. The molecule has 0 saturated heterocycles. The number of rotatable bonds is 6. The lowest BCUT2D eigenvalue weighted by atomic mass is 9.87. The summed E-state index contributed by atoms with van der Waals surface area (Å²) in [7, 11) is 0. The highest BCUT2D eigenvalue weighted by Gasteiger charge is 2.41. The van der Waals surface area contributed by atoms with Crippen molar-refractivity contribution in [2.24, 2.45) is 0 Å². The van der Waals surface area contributed by atoms with Gasteiger partial charge in [0.05, 0.1) is 0 Å². The lowest BCUT2D eigenvalue weighted by molar-refractivity contribution is -0.148. The molecule has 0 fully saturated rings. The molecule has 0 aromatic heterocycles. The van der Waals surface area contributed by atoms with Gasteiger partial charge in [-0.2, -0.15) is 0 Å². The van der Waals surface area contributed by atoms with Crippen LogP contribution in [0.4, 0.5) is 0 Å². The first-order chi connectivity index (χ1) is 12.5. The van der Waals surface area contributed by atoms with Crippen molar-refractivity contribution in [1.82, 2.24) is 10.2 Å². The molecule has 134 valence electrons. The third-order valence-electron chi connectivity index (χ3n) is 4.75. The number of benzene rings is 2. The van der Waals surface area contributed by atoms with Crippen LogP contribution in [0, 0.1) is 0 Å². The zero-order valence-corrected chi connectivity index (χ0v) is 14.4. The summed E-state index contributed by atoms with van der Waals surface area (Å²) in [6, 6.07) is 15.8. The molecule has 1 heterocycles. The van der Waals surface area contributed by atoms with Crippen molar-refractivity contribution >= 4 is 17.8 Å². The monoisotopic (exact) mass is 352 g/mol. The number of carboxylic acids is 1. The molecule has 2 aromatic carbocycles. The summed E-state index contributed by atoms with van der Waals surface area (Å²) in [6.07, 6.45) is 0.187. The first-order valence-electron chi connectivity index (χ1n) is 8.45. The largest absolute Gasteiger partial charge is 0.479 e. The fourth-order valence-electron chi connectivity index (χ4n) is 3.31. The summed E-state index contributed by atoms with van der Waals surface area (Å²) in [5.74, 6) is -1.84. The number of carbonyl (C=O) groups is 3. The van der Waals surface area contributed by atoms with Crippen LogP contribution in [0.5, 0.6) is 0 Å². The van der Waals surface area contributed by atoms with Crippen LogP contribution < -0.4 is 5.32 Å². The van der Waals surface area contributed by atoms with Gasteiger partial charge in [0.2, 0.25) is 5.91 Å². The topological polar surface area (TPSA) is 86.7 Å². The Bertz CT molecular complexity index is 850. The van der Waals surface area contributed by atoms with Crippen molar-refractivity contribution in [2.45, 2.75) is 25.4 Å². The zero-order chi connectivity index (χ0) is 18.7. The van der Waals surface area contributed by atoms with Crippen molar-refractivity contribution in [3.8, 4) is 0 Å². The van der Waals surface area contributed by atoms with E-state index in [1.54, 1.807) is 49.4 Å². The van der Waals surface area contributed by atoms with E-state index in [-0.39, 0.29) is 18.9 Å². The minimum absolute atomic E-state index is 0.185. The zero-order valence-electron chi connectivity index (χ0n) is 14.4. The van der Waals surface area contributed by atoms with Crippen molar-refractivity contribution in [3.63, 3.8) is 0 Å². The molecule has 0 spiro atoms. The second-order valence-electron chi connectivity index (χ2n) is 6.30. The molecule has 2 amide bonds. The van der Waals surface area contributed by atoms with Crippen LogP contribution in [0.25, 0.3) is 0 Å². The van der Waals surface area contributed by atoms with Crippen LogP contribution in [0.3, 0.4) is 0 Å². The van der Waals surface area contributed by atoms with Gasteiger partial charge >= 0.3 is 5.97 Å². The van der Waals surface area contributed by atoms with Gasteiger partial charge in [-0.05, 0) is 23.6 Å². The highest BCUT2D eigenvalue weighted by atomic mass is 16.4. The van der Waals surface area contributed by atoms with Gasteiger partial charge in [0.1, 0.15) is 6.54 Å². The molecule has 2 aromatic rings. The summed E-state index contributed by atoms with van der Waals surface area (Å²) < 4.78 is 0. The van der Waals surface area contributed by atoms with Gasteiger partial charge in [-0.25, -0.2) is 4.79 Å². The number of nitrogens with zero attached hydrogens (tertiary/aromatic N) is 1. The molecule has 1 unspecified atom stereocenters. The number of hydrogen-bond acceptors (Lipinski definition) is 3. The Kier molecular flexibility index (Phi) is 4.75. The summed E-state index contributed by atoms with van der Waals surface area (Å²) >= 11 is 0. The van der Waals surface area contributed by atoms with Crippen molar-refractivity contribution in [2.75, 3.05) is 6.54 Å². The van der Waals surface area contributed by atoms with Gasteiger partial charge in [0.25, 0.3) is 5.91 Å². The molecule has 1 aliphatic rings. The third-order valence-corrected chi connectivity index (χ3v) is 4.75. The molecule has 0 aliphatic carbocycles. The molecule has 2 N–H and O–H groups in total. The summed E-state index contributed by atoms with van der Waals surface area (Å²) in [6.45, 7) is 1.87. The molecular weight excluding hydrogens is 332 g/mol. The molecular formula is C20H20N2O4. The SMILES string of the molecule is CCC(NC(=O)CN1Cc2ccccc2C1=O)(C(=O)O)c1ccccc1. The summed E-state index contributed by atoms with van der Waals surface area (Å²) in [5, 5.41) is 12.4. The normalized spacial score (nSPS) is 15.3. The molecule has 0 bridgehead atoms. The van der Waals surface area contributed by atoms with E-state index in [4.69, 9.17) is 0 Å². The first-order valence-corrected chi connectivity index (χ1v) is 8.45. The van der Waals surface area contributed by atoms with E-state index in [1.807, 2.05) is 12.1 Å². The molecule has 1 aliphatic heterocycles. The van der Waals surface area contributed by atoms with E-state index < -0.39 is 17.4 Å². The van der Waals surface area contributed by atoms with E-state index >= 15 is 0 Å². The van der Waals surface area contributed by atoms with Crippen LogP contribution in [-0.4, -0.2) is 34.3 Å². The number of hydrogen-bond donors (Lipinski definition) is 2. The van der Waals surface area contributed by atoms with Crippen molar-refractivity contribution in [3.05, 3.63) is 71.3 Å². The quantitative estimate of drug-likeness (QED) is 0.834. The minimum atomic E-state index is -1.52. The number of aliphatic carboxylic acids is 1. The van der Waals surface area contributed by atoms with Gasteiger partial charge in [-0.1, -0.05) is 55.5 Å². The highest BCUT2D eigenvalue weighted by molar-refractivity contribution is 6.00. The van der Waals surface area contributed by atoms with Crippen LogP contribution in [0.15, 0.2) is 54.6 Å². The molecule has 6 nitrogen and oxygen atoms in total. The Balaban J connectivity index is 1.78. The van der Waals surface area contributed by atoms with Gasteiger partial charge < -0.3 is 15.3 Å². The molecule has 0 radical (unpaired) electrons. The van der Waals surface area contributed by atoms with E-state index in [0.717, 1.165) is 5.56 Å². The summed E-state index contributed by atoms with van der Waals surface area (Å²) in [4.78, 5) is 38.4. The number of fused-ring (bicyclic) bond motifs is 1. The maximum absolute atomic E-state index is 12.6. The summed E-state index contributed by atoms with van der Waals surface area (Å²) in [5.41, 5.74) is 0.435. The first kappa shape index (κ1) is 17.7. The molecule has 3 rings (SSSR count). The van der Waals surface area contributed by atoms with Gasteiger partial charge in [0, 0.05) is 12.1 Å². The van der Waals surface area contributed by atoms with Crippen molar-refractivity contribution < 1.29 is 19.5 Å². The van der Waals surface area contributed by atoms with Gasteiger partial charge in [0.15, 0.2) is 5.54 Å². The predicted molar refractivity (Wildman–Crippen MR) is 95.4 cm³/mol. The molecule has 26 heavy (non-hydrogen) atoms. The van der Waals surface area contributed by atoms with Crippen LogP contribution in [-0.2, 0) is 21.7 Å². The minimum Gasteiger partial charge on any atom is -0.479 e. The van der Waals surface area contributed by atoms with Crippen LogP contribution in [0.1, 0.15) is 34.8 Å². The maximum atomic E-state index is 12.6. The van der Waals surface area contributed by atoms with Gasteiger partial charge in [-0.15, -0.1) is 0 Å². The van der Waals surface area contributed by atoms with E-state index in [0.29, 0.717) is 17.7 Å². The average Bonchev–Trinajstić information content (AvgIpc) is 2.96. The third kappa shape index (κ3) is 3.06.